The second-order valence-electron chi connectivity index (χ2n) is 13.6. The zero-order valence-electron chi connectivity index (χ0n) is 32.0. The minimum absolute atomic E-state index is 0.116. The highest BCUT2D eigenvalue weighted by Crippen LogP contribution is 2.29. The van der Waals surface area contributed by atoms with Gasteiger partial charge in [0.15, 0.2) is 6.10 Å². The molecule has 54 heavy (non-hydrogen) atoms. The molecule has 2 aliphatic rings. The number of benzene rings is 1. The zero-order valence-corrected chi connectivity index (χ0v) is 32.0. The first kappa shape index (κ1) is 43.4. The van der Waals surface area contributed by atoms with Crippen LogP contribution in [0.5, 0.6) is 0 Å². The number of hydrogen-bond acceptors (Lipinski definition) is 10. The van der Waals surface area contributed by atoms with E-state index < -0.39 is 53.9 Å². The maximum Gasteiger partial charge on any atom is 0.405 e. The average molecular weight is 750 g/mol. The monoisotopic (exact) mass is 749 g/mol. The molecule has 0 spiro atoms. The highest BCUT2D eigenvalue weighted by molar-refractivity contribution is 6.23. The van der Waals surface area contributed by atoms with E-state index in [1.807, 2.05) is 37.3 Å². The number of aliphatic hydroxyl groups excluding tert-OH is 1. The fraction of sp³-hybridized carbons (Fsp3) is 0.475. The second-order valence-corrected chi connectivity index (χ2v) is 13.6. The van der Waals surface area contributed by atoms with Gasteiger partial charge in [0, 0.05) is 57.0 Å². The van der Waals surface area contributed by atoms with Crippen molar-refractivity contribution in [3.05, 3.63) is 94.4 Å². The second kappa shape index (κ2) is 21.6. The quantitative estimate of drug-likeness (QED) is 0.111. The van der Waals surface area contributed by atoms with E-state index in [0.717, 1.165) is 11.6 Å². The molecule has 1 aromatic rings. The first-order valence-electron chi connectivity index (χ1n) is 18.1. The Bertz CT molecular complexity index is 1650. The minimum Gasteiger partial charge on any atom is -0.439 e. The number of hydrogen-bond donors (Lipinski definition) is 6. The first-order chi connectivity index (χ1) is 25.7. The predicted octanol–water partition coefficient (Wildman–Crippen LogP) is 3.28. The third-order valence-electron chi connectivity index (χ3n) is 9.28. The first-order valence-corrected chi connectivity index (χ1v) is 18.1. The third-order valence-corrected chi connectivity index (χ3v) is 9.28. The van der Waals surface area contributed by atoms with Gasteiger partial charge in [-0.3, -0.25) is 14.4 Å². The van der Waals surface area contributed by atoms with Crippen molar-refractivity contribution in [3.63, 3.8) is 0 Å². The summed E-state index contributed by atoms with van der Waals surface area (Å²) in [6.07, 6.45) is 4.66. The lowest BCUT2D eigenvalue weighted by atomic mass is 9.85. The van der Waals surface area contributed by atoms with Gasteiger partial charge in [0.1, 0.15) is 6.10 Å². The van der Waals surface area contributed by atoms with Crippen LogP contribution >= 0.6 is 0 Å². The molecule has 4 amide bonds. The van der Waals surface area contributed by atoms with E-state index >= 15 is 0 Å². The van der Waals surface area contributed by atoms with Crippen LogP contribution in [0, 0.1) is 11.8 Å². The number of rotatable bonds is 11. The number of methoxy groups -OCH3 is 2. The van der Waals surface area contributed by atoms with Gasteiger partial charge >= 0.3 is 12.1 Å². The van der Waals surface area contributed by atoms with Gasteiger partial charge in [-0.15, -0.1) is 0 Å². The smallest absolute Gasteiger partial charge is 0.405 e. The van der Waals surface area contributed by atoms with Crippen LogP contribution in [0.2, 0.25) is 0 Å². The lowest BCUT2D eigenvalue weighted by molar-refractivity contribution is -0.120. The van der Waals surface area contributed by atoms with Crippen LogP contribution in [-0.4, -0.2) is 93.0 Å². The molecule has 1 heterocycles. The Morgan fingerprint density at radius 3 is 2.37 bits per heavy atom. The van der Waals surface area contributed by atoms with Crippen molar-refractivity contribution in [3.8, 4) is 0 Å². The molecule has 6 atom stereocenters. The van der Waals surface area contributed by atoms with E-state index in [1.54, 1.807) is 39.0 Å². The number of urea groups is 1. The molecule has 1 aromatic carbocycles. The molecule has 3 rings (SSSR count). The SMILES string of the molecule is CO[C@H]1/C=C\C=C(/C)C(=O)NC2=CC(=O)C(NCCCNC(=O)NCCc3ccccc3)=C(C[C@@H](C)C[C@H](OC)[C@H](O)[C@@H](C)/C=C(\C)[C@@H]1OC(N)=O)C2=O. The number of amides is 4. The number of ether oxygens (including phenoxy) is 3. The molecule has 0 unspecified atom stereocenters. The summed E-state index contributed by atoms with van der Waals surface area (Å²) in [6.45, 7) is 8.03. The van der Waals surface area contributed by atoms with E-state index in [1.165, 1.54) is 20.3 Å². The summed E-state index contributed by atoms with van der Waals surface area (Å²) in [4.78, 5) is 64.7. The van der Waals surface area contributed by atoms with Crippen molar-refractivity contribution in [1.82, 2.24) is 21.3 Å². The summed E-state index contributed by atoms with van der Waals surface area (Å²) < 4.78 is 16.7. The number of Topliss-reactive ketones (excluding diaryl/α,β-unsaturated/α-hetero) is 1. The topological polar surface area (TPSA) is 207 Å². The Hall–Kier alpha value is -5.05. The summed E-state index contributed by atoms with van der Waals surface area (Å²) >= 11 is 0. The zero-order chi connectivity index (χ0) is 39.8. The molecule has 1 aliphatic carbocycles. The third kappa shape index (κ3) is 13.1. The molecule has 0 radical (unpaired) electrons. The van der Waals surface area contributed by atoms with Gasteiger partial charge < -0.3 is 46.3 Å². The molecule has 0 saturated carbocycles. The highest BCUT2D eigenvalue weighted by atomic mass is 16.6. The Morgan fingerprint density at radius 2 is 1.70 bits per heavy atom. The van der Waals surface area contributed by atoms with Gasteiger partial charge in [-0.2, -0.15) is 0 Å². The van der Waals surface area contributed by atoms with Crippen molar-refractivity contribution in [1.29, 1.82) is 0 Å². The Kier molecular flexibility index (Phi) is 17.3. The van der Waals surface area contributed by atoms with Gasteiger partial charge in [-0.25, -0.2) is 9.59 Å². The van der Waals surface area contributed by atoms with Crippen LogP contribution in [0.15, 0.2) is 88.8 Å². The normalized spacial score (nSPS) is 27.0. The number of carbonyl (C=O) groups excluding carboxylic acids is 5. The van der Waals surface area contributed by atoms with Gasteiger partial charge in [0.25, 0.3) is 5.91 Å². The number of nitrogens with one attached hydrogen (secondary N) is 4. The number of fused-ring (bicyclic) bond motifs is 2. The number of ketones is 2. The lowest BCUT2D eigenvalue weighted by Crippen LogP contribution is -2.39. The van der Waals surface area contributed by atoms with Crippen molar-refractivity contribution in [2.75, 3.05) is 33.9 Å². The van der Waals surface area contributed by atoms with Crippen molar-refractivity contribution in [2.45, 2.75) is 77.8 Å². The van der Waals surface area contributed by atoms with Crippen molar-refractivity contribution in [2.24, 2.45) is 17.6 Å². The van der Waals surface area contributed by atoms with Crippen LogP contribution in [0.1, 0.15) is 52.5 Å². The molecule has 7 N–H and O–H groups in total. The maximum absolute atomic E-state index is 13.9. The summed E-state index contributed by atoms with van der Waals surface area (Å²) in [6, 6.07) is 9.51. The minimum atomic E-state index is -1.01. The summed E-state index contributed by atoms with van der Waals surface area (Å²) in [5.74, 6) is -2.34. The van der Waals surface area contributed by atoms with Crippen LogP contribution < -0.4 is 27.0 Å². The molecule has 0 saturated heterocycles. The van der Waals surface area contributed by atoms with Crippen molar-refractivity contribution >= 4 is 29.6 Å². The highest BCUT2D eigenvalue weighted by Gasteiger charge is 2.33. The fourth-order valence-corrected chi connectivity index (χ4v) is 6.31. The number of primary amides is 1. The van der Waals surface area contributed by atoms with E-state index in [9.17, 15) is 29.1 Å². The Morgan fingerprint density at radius 1 is 1.00 bits per heavy atom. The molecule has 294 valence electrons. The van der Waals surface area contributed by atoms with Gasteiger partial charge in [-0.05, 0) is 56.6 Å². The van der Waals surface area contributed by atoms with E-state index in [-0.39, 0.29) is 47.5 Å². The number of aliphatic hydroxyl groups is 1. The molecular formula is C40H55N5O9. The standard InChI is InChI=1S/C40H55N5O9/c1-24-20-29-34(42-17-11-18-43-40(51)44-19-16-28-13-8-7-9-14-28)31(46)23-30(36(29)48)45-38(49)25(2)12-10-15-32(52-5)37(54-39(41)50)27(4)22-26(3)35(47)33(21-24)53-6/h7-10,12-15,22-24,26,32-33,35,37,42,47H,11,16-21H2,1-6H3,(H2,41,50)(H,45,49)(H2,43,44,51)/b15-10-,25-12+,27-22+/t24-,26+,32+,33+,35-,37+/m1/s1. The largest absolute Gasteiger partial charge is 0.439 e. The maximum atomic E-state index is 13.9. The number of carbonyl (C=O) groups is 5. The van der Waals surface area contributed by atoms with Crippen LogP contribution in [0.25, 0.3) is 0 Å². The average Bonchev–Trinajstić information content (AvgIpc) is 3.13. The van der Waals surface area contributed by atoms with Crippen LogP contribution in [-0.2, 0) is 35.0 Å². The van der Waals surface area contributed by atoms with Crippen LogP contribution in [0.4, 0.5) is 9.59 Å². The molecule has 2 bridgehead atoms. The molecule has 14 nitrogen and oxygen atoms in total. The Labute approximate surface area is 317 Å². The summed E-state index contributed by atoms with van der Waals surface area (Å²) in [5, 5.41) is 22.7. The van der Waals surface area contributed by atoms with E-state index in [2.05, 4.69) is 21.3 Å². The summed E-state index contributed by atoms with van der Waals surface area (Å²) in [5.41, 5.74) is 7.43. The Balaban J connectivity index is 1.82. The lowest BCUT2D eigenvalue weighted by Gasteiger charge is -2.30. The van der Waals surface area contributed by atoms with Gasteiger partial charge in [0.05, 0.1) is 23.6 Å². The van der Waals surface area contributed by atoms with Crippen LogP contribution in [0.3, 0.4) is 0 Å². The molecule has 14 heteroatoms. The van der Waals surface area contributed by atoms with E-state index in [0.29, 0.717) is 37.9 Å². The van der Waals surface area contributed by atoms with Crippen molar-refractivity contribution < 1.29 is 43.3 Å². The molecule has 0 aromatic heterocycles. The van der Waals surface area contributed by atoms with E-state index in [4.69, 9.17) is 19.9 Å². The number of nitrogens with two attached hydrogens (primary N) is 1. The van der Waals surface area contributed by atoms with Gasteiger partial charge in [0.2, 0.25) is 11.6 Å². The van der Waals surface area contributed by atoms with Gasteiger partial charge in [-0.1, -0.05) is 68.5 Å². The molecule has 0 fully saturated rings. The molecule has 1 aliphatic heterocycles. The predicted molar refractivity (Wildman–Crippen MR) is 204 cm³/mol. The molecular weight excluding hydrogens is 694 g/mol. The number of allylic oxidation sites excluding steroid dienone is 4. The summed E-state index contributed by atoms with van der Waals surface area (Å²) in [7, 11) is 2.91. The fourth-order valence-electron chi connectivity index (χ4n) is 6.31.